The molecule has 178 valence electrons. The van der Waals surface area contributed by atoms with Crippen LogP contribution in [0.4, 0.5) is 14.9 Å². The largest absolute Gasteiger partial charge is 0.442 e. The summed E-state index contributed by atoms with van der Waals surface area (Å²) in [5, 5.41) is 2.92. The number of halogens is 2. The number of carbonyl (C=O) groups excluding carboxylic acids is 2. The van der Waals surface area contributed by atoms with E-state index in [-0.39, 0.29) is 19.0 Å². The number of fused-ring (bicyclic) bond motifs is 1. The van der Waals surface area contributed by atoms with E-state index in [0.29, 0.717) is 39.7 Å². The predicted octanol–water partition coefficient (Wildman–Crippen LogP) is 3.80. The van der Waals surface area contributed by atoms with Gasteiger partial charge in [-0.1, -0.05) is 35.9 Å². The van der Waals surface area contributed by atoms with Crippen molar-refractivity contribution in [2.45, 2.75) is 19.6 Å². The normalized spacial score (nSPS) is 15.5. The van der Waals surface area contributed by atoms with Crippen molar-refractivity contribution in [1.29, 1.82) is 0 Å². The summed E-state index contributed by atoms with van der Waals surface area (Å²) in [7, 11) is 0. The SMILES string of the molecule is CC(=O)NC[C@H]1CN(c2ccc(-c3ccc(Cn4cnc5c(Cl)ncnc54)cc3)c(F)c2)C(=O)O1. The van der Waals surface area contributed by atoms with Gasteiger partial charge in [0.1, 0.15) is 23.8 Å². The fourth-order valence-electron chi connectivity index (χ4n) is 3.96. The van der Waals surface area contributed by atoms with E-state index >= 15 is 4.39 Å². The molecule has 0 unspecified atom stereocenters. The summed E-state index contributed by atoms with van der Waals surface area (Å²) in [5.74, 6) is -0.669. The van der Waals surface area contributed by atoms with E-state index in [2.05, 4.69) is 20.3 Å². The number of nitrogens with zero attached hydrogens (tertiary/aromatic N) is 5. The number of aromatic nitrogens is 4. The van der Waals surface area contributed by atoms with Crippen LogP contribution in [0.25, 0.3) is 22.3 Å². The molecule has 1 fully saturated rings. The van der Waals surface area contributed by atoms with Crippen LogP contribution in [-0.4, -0.2) is 50.7 Å². The van der Waals surface area contributed by atoms with Crippen LogP contribution in [0.15, 0.2) is 55.1 Å². The van der Waals surface area contributed by atoms with Crippen LogP contribution in [-0.2, 0) is 16.1 Å². The Labute approximate surface area is 204 Å². The fourth-order valence-corrected chi connectivity index (χ4v) is 4.13. The molecule has 0 radical (unpaired) electrons. The molecule has 0 spiro atoms. The third kappa shape index (κ3) is 4.65. The Morgan fingerprint density at radius 1 is 1.20 bits per heavy atom. The van der Waals surface area contributed by atoms with Gasteiger partial charge in [-0.3, -0.25) is 9.69 Å². The second-order valence-electron chi connectivity index (χ2n) is 8.12. The van der Waals surface area contributed by atoms with Crippen LogP contribution in [0.3, 0.4) is 0 Å². The molecule has 11 heteroatoms. The first-order valence-electron chi connectivity index (χ1n) is 10.8. The lowest BCUT2D eigenvalue weighted by atomic mass is 10.0. The minimum Gasteiger partial charge on any atom is -0.442 e. The molecule has 3 heterocycles. The smallest absolute Gasteiger partial charge is 0.414 e. The Balaban J connectivity index is 1.30. The van der Waals surface area contributed by atoms with Crippen LogP contribution in [0.2, 0.25) is 5.15 Å². The first-order valence-corrected chi connectivity index (χ1v) is 11.2. The summed E-state index contributed by atoms with van der Waals surface area (Å²) in [4.78, 5) is 37.1. The van der Waals surface area contributed by atoms with Crippen LogP contribution < -0.4 is 10.2 Å². The first kappa shape index (κ1) is 22.7. The highest BCUT2D eigenvalue weighted by molar-refractivity contribution is 6.33. The van der Waals surface area contributed by atoms with Crippen LogP contribution >= 0.6 is 11.6 Å². The molecule has 0 bridgehead atoms. The van der Waals surface area contributed by atoms with Gasteiger partial charge in [-0.25, -0.2) is 24.1 Å². The standard InChI is InChI=1S/C24H20ClFN6O3/c1-14(33)27-9-18-11-32(24(34)35-18)17-6-7-19(20(26)8-17)16-4-2-15(3-5-16)10-31-13-30-21-22(25)28-12-29-23(21)31/h2-8,12-13,18H,9-11H2,1H3,(H,27,33)/t18-/m0/s1. The minimum atomic E-state index is -0.574. The quantitative estimate of drug-likeness (QED) is 0.409. The minimum absolute atomic E-state index is 0.208. The number of hydrogen-bond acceptors (Lipinski definition) is 6. The van der Waals surface area contributed by atoms with Crippen LogP contribution in [0.5, 0.6) is 0 Å². The van der Waals surface area contributed by atoms with Gasteiger partial charge in [-0.05, 0) is 29.3 Å². The third-order valence-corrected chi connectivity index (χ3v) is 5.97. The summed E-state index contributed by atoms with van der Waals surface area (Å²) in [6.45, 7) is 2.34. The van der Waals surface area contributed by atoms with Gasteiger partial charge in [-0.15, -0.1) is 0 Å². The molecule has 1 aliphatic rings. The second-order valence-corrected chi connectivity index (χ2v) is 8.48. The van der Waals surface area contributed by atoms with Gasteiger partial charge in [0, 0.05) is 12.5 Å². The van der Waals surface area contributed by atoms with Gasteiger partial charge in [-0.2, -0.15) is 0 Å². The van der Waals surface area contributed by atoms with Gasteiger partial charge >= 0.3 is 6.09 Å². The van der Waals surface area contributed by atoms with Gasteiger partial charge in [0.15, 0.2) is 10.8 Å². The zero-order chi connectivity index (χ0) is 24.5. The van der Waals surface area contributed by atoms with Crippen molar-refractivity contribution >= 4 is 40.5 Å². The highest BCUT2D eigenvalue weighted by Crippen LogP contribution is 2.29. The Hall–Kier alpha value is -4.05. The summed E-state index contributed by atoms with van der Waals surface area (Å²) in [6, 6.07) is 12.1. The number of rotatable bonds is 6. The number of ether oxygens (including phenoxy) is 1. The molecule has 2 aromatic carbocycles. The highest BCUT2D eigenvalue weighted by Gasteiger charge is 2.32. The average Bonchev–Trinajstić information content (AvgIpc) is 3.42. The average molecular weight is 495 g/mol. The molecule has 0 aliphatic carbocycles. The van der Waals surface area contributed by atoms with E-state index in [1.807, 2.05) is 28.8 Å². The predicted molar refractivity (Wildman–Crippen MR) is 128 cm³/mol. The van der Waals surface area contributed by atoms with E-state index in [9.17, 15) is 9.59 Å². The molecule has 5 rings (SSSR count). The summed E-state index contributed by atoms with van der Waals surface area (Å²) >= 11 is 6.06. The zero-order valence-electron chi connectivity index (χ0n) is 18.6. The van der Waals surface area contributed by atoms with Crippen molar-refractivity contribution in [3.8, 4) is 11.1 Å². The molecule has 0 saturated carbocycles. The number of carbonyl (C=O) groups is 2. The van der Waals surface area contributed by atoms with E-state index < -0.39 is 18.0 Å². The Kier molecular flexibility index (Phi) is 6.04. The number of amides is 2. The number of anilines is 1. The maximum atomic E-state index is 15.0. The van der Waals surface area contributed by atoms with Crippen molar-refractivity contribution in [1.82, 2.24) is 24.8 Å². The lowest BCUT2D eigenvalue weighted by Gasteiger charge is -2.15. The Morgan fingerprint density at radius 2 is 2.00 bits per heavy atom. The number of imidazole rings is 1. The van der Waals surface area contributed by atoms with Crippen molar-refractivity contribution in [2.75, 3.05) is 18.0 Å². The molecule has 1 saturated heterocycles. The van der Waals surface area contributed by atoms with Gasteiger partial charge < -0.3 is 14.6 Å². The monoisotopic (exact) mass is 494 g/mol. The van der Waals surface area contributed by atoms with Crippen molar-refractivity contribution in [3.63, 3.8) is 0 Å². The molecule has 2 amide bonds. The topological polar surface area (TPSA) is 102 Å². The van der Waals surface area contributed by atoms with E-state index in [1.165, 1.54) is 24.2 Å². The lowest BCUT2D eigenvalue weighted by molar-refractivity contribution is -0.119. The number of hydrogen-bond donors (Lipinski definition) is 1. The van der Waals surface area contributed by atoms with Crippen LogP contribution in [0.1, 0.15) is 12.5 Å². The lowest BCUT2D eigenvalue weighted by Crippen LogP contribution is -2.33. The summed E-state index contributed by atoms with van der Waals surface area (Å²) < 4.78 is 22.1. The van der Waals surface area contributed by atoms with E-state index in [4.69, 9.17) is 16.3 Å². The molecule has 2 aromatic heterocycles. The molecule has 35 heavy (non-hydrogen) atoms. The molecule has 1 atom stereocenters. The first-order chi connectivity index (χ1) is 16.9. The molecule has 1 aliphatic heterocycles. The highest BCUT2D eigenvalue weighted by atomic mass is 35.5. The Morgan fingerprint density at radius 3 is 2.74 bits per heavy atom. The van der Waals surface area contributed by atoms with Crippen molar-refractivity contribution in [3.05, 3.63) is 71.7 Å². The van der Waals surface area contributed by atoms with Gasteiger partial charge in [0.05, 0.1) is 31.6 Å². The van der Waals surface area contributed by atoms with Crippen LogP contribution in [0, 0.1) is 5.82 Å². The number of benzene rings is 2. The van der Waals surface area contributed by atoms with Gasteiger partial charge in [0.25, 0.3) is 0 Å². The fraction of sp³-hybridized carbons (Fsp3) is 0.208. The van der Waals surface area contributed by atoms with Crippen molar-refractivity contribution < 1.29 is 18.7 Å². The molecular weight excluding hydrogens is 475 g/mol. The van der Waals surface area contributed by atoms with Gasteiger partial charge in [0.2, 0.25) is 5.91 Å². The number of nitrogens with one attached hydrogen (secondary N) is 1. The maximum Gasteiger partial charge on any atom is 0.414 e. The third-order valence-electron chi connectivity index (χ3n) is 5.69. The van der Waals surface area contributed by atoms with E-state index in [1.54, 1.807) is 18.5 Å². The summed E-state index contributed by atoms with van der Waals surface area (Å²) in [6.07, 6.45) is 1.98. The molecule has 1 N–H and O–H groups in total. The molecule has 4 aromatic rings. The Bertz CT molecular complexity index is 1420. The molecule has 9 nitrogen and oxygen atoms in total. The van der Waals surface area contributed by atoms with E-state index in [0.717, 1.165) is 5.56 Å². The second kappa shape index (κ2) is 9.30. The number of cyclic esters (lactones) is 1. The zero-order valence-corrected chi connectivity index (χ0v) is 19.4. The van der Waals surface area contributed by atoms with Crippen molar-refractivity contribution in [2.24, 2.45) is 0 Å². The summed E-state index contributed by atoms with van der Waals surface area (Å²) in [5.41, 5.74) is 3.66. The molecular formula is C24H20ClFN6O3. The maximum absolute atomic E-state index is 15.0.